The first kappa shape index (κ1) is 15.9. The van der Waals surface area contributed by atoms with Crippen molar-refractivity contribution in [2.75, 3.05) is 13.1 Å². The van der Waals surface area contributed by atoms with E-state index in [1.807, 2.05) is 6.92 Å². The van der Waals surface area contributed by atoms with E-state index in [2.05, 4.69) is 4.98 Å². The lowest BCUT2D eigenvalue weighted by Gasteiger charge is -2.38. The number of pyridine rings is 1. The van der Waals surface area contributed by atoms with E-state index in [1.165, 1.54) is 22.8 Å². The van der Waals surface area contributed by atoms with Gasteiger partial charge in [0.2, 0.25) is 10.0 Å². The molecule has 0 bridgehead atoms. The number of hydrogen-bond acceptors (Lipinski definition) is 4. The Balaban J connectivity index is 2.15. The molecule has 0 unspecified atom stereocenters. The SMILES string of the molecule is CCCC1(C(=O)O)CCN(S(=O)(=O)c2cccnc2)CC1. The highest BCUT2D eigenvalue weighted by atomic mass is 32.2. The molecule has 0 amide bonds. The smallest absolute Gasteiger partial charge is 0.309 e. The molecule has 7 heteroatoms. The molecule has 0 radical (unpaired) electrons. The second kappa shape index (κ2) is 6.11. The largest absolute Gasteiger partial charge is 0.481 e. The molecule has 0 spiro atoms. The number of hydrogen-bond donors (Lipinski definition) is 1. The maximum Gasteiger partial charge on any atom is 0.309 e. The summed E-state index contributed by atoms with van der Waals surface area (Å²) < 4.78 is 26.3. The summed E-state index contributed by atoms with van der Waals surface area (Å²) in [6, 6.07) is 3.09. The molecule has 1 saturated heterocycles. The van der Waals surface area contributed by atoms with Crippen LogP contribution in [0.5, 0.6) is 0 Å². The fourth-order valence-corrected chi connectivity index (χ4v) is 4.26. The Labute approximate surface area is 124 Å². The Morgan fingerprint density at radius 2 is 2.10 bits per heavy atom. The molecule has 1 fully saturated rings. The number of rotatable bonds is 5. The molecular weight excluding hydrogens is 292 g/mol. The first-order valence-corrected chi connectivity index (χ1v) is 8.50. The van der Waals surface area contributed by atoms with E-state index in [0.717, 1.165) is 6.42 Å². The molecule has 1 aromatic heterocycles. The van der Waals surface area contributed by atoms with E-state index in [4.69, 9.17) is 0 Å². The van der Waals surface area contributed by atoms with Crippen molar-refractivity contribution < 1.29 is 18.3 Å². The summed E-state index contributed by atoms with van der Waals surface area (Å²) in [5, 5.41) is 9.45. The lowest BCUT2D eigenvalue weighted by atomic mass is 9.75. The van der Waals surface area contributed by atoms with Crippen LogP contribution in [0.3, 0.4) is 0 Å². The number of carbonyl (C=O) groups is 1. The van der Waals surface area contributed by atoms with E-state index >= 15 is 0 Å². The van der Waals surface area contributed by atoms with Crippen molar-refractivity contribution in [2.45, 2.75) is 37.5 Å². The van der Waals surface area contributed by atoms with Gasteiger partial charge >= 0.3 is 5.97 Å². The third kappa shape index (κ3) is 3.08. The van der Waals surface area contributed by atoms with Crippen molar-refractivity contribution in [3.8, 4) is 0 Å². The Morgan fingerprint density at radius 1 is 1.43 bits per heavy atom. The minimum Gasteiger partial charge on any atom is -0.481 e. The fraction of sp³-hybridized carbons (Fsp3) is 0.571. The molecule has 2 heterocycles. The number of piperidine rings is 1. The van der Waals surface area contributed by atoms with Gasteiger partial charge in [0.1, 0.15) is 4.90 Å². The van der Waals surface area contributed by atoms with Crippen LogP contribution < -0.4 is 0 Å². The standard InChI is InChI=1S/C14H20N2O4S/c1-2-5-14(13(17)18)6-9-16(10-7-14)21(19,20)12-4-3-8-15-11-12/h3-4,8,11H,2,5-7,9-10H2,1H3,(H,17,18). The van der Waals surface area contributed by atoms with Gasteiger partial charge in [-0.05, 0) is 31.4 Å². The van der Waals surface area contributed by atoms with E-state index < -0.39 is 21.4 Å². The fourth-order valence-electron chi connectivity index (χ4n) is 2.85. The predicted molar refractivity (Wildman–Crippen MR) is 77.2 cm³/mol. The molecule has 0 atom stereocenters. The predicted octanol–water partition coefficient (Wildman–Crippen LogP) is 1.74. The topological polar surface area (TPSA) is 87.6 Å². The summed E-state index contributed by atoms with van der Waals surface area (Å²) in [7, 11) is -3.57. The average molecular weight is 312 g/mol. The van der Waals surface area contributed by atoms with Gasteiger partial charge in [0.25, 0.3) is 0 Å². The van der Waals surface area contributed by atoms with Crippen molar-refractivity contribution in [1.29, 1.82) is 0 Å². The van der Waals surface area contributed by atoms with Crippen LogP contribution in [0.4, 0.5) is 0 Å². The lowest BCUT2D eigenvalue weighted by molar-refractivity contribution is -0.152. The van der Waals surface area contributed by atoms with E-state index in [-0.39, 0.29) is 18.0 Å². The lowest BCUT2D eigenvalue weighted by Crippen LogP contribution is -2.46. The van der Waals surface area contributed by atoms with Crippen molar-refractivity contribution in [3.05, 3.63) is 24.5 Å². The molecule has 1 N–H and O–H groups in total. The number of nitrogens with zero attached hydrogens (tertiary/aromatic N) is 2. The van der Waals surface area contributed by atoms with E-state index in [1.54, 1.807) is 6.07 Å². The molecule has 116 valence electrons. The highest BCUT2D eigenvalue weighted by molar-refractivity contribution is 7.89. The van der Waals surface area contributed by atoms with Gasteiger partial charge < -0.3 is 5.11 Å². The normalized spacial score (nSPS) is 19.3. The average Bonchev–Trinajstić information content (AvgIpc) is 2.49. The van der Waals surface area contributed by atoms with Gasteiger partial charge in [0.15, 0.2) is 0 Å². The quantitative estimate of drug-likeness (QED) is 0.894. The maximum atomic E-state index is 12.5. The minimum atomic E-state index is -3.57. The maximum absolute atomic E-state index is 12.5. The Bertz CT molecular complexity index is 593. The summed E-state index contributed by atoms with van der Waals surface area (Å²) >= 11 is 0. The molecule has 6 nitrogen and oxygen atoms in total. The first-order chi connectivity index (χ1) is 9.92. The molecule has 0 saturated carbocycles. The molecule has 1 aliphatic rings. The second-order valence-corrected chi connectivity index (χ2v) is 7.37. The zero-order valence-electron chi connectivity index (χ0n) is 12.0. The zero-order valence-corrected chi connectivity index (χ0v) is 12.8. The van der Waals surface area contributed by atoms with Crippen LogP contribution >= 0.6 is 0 Å². The summed E-state index contributed by atoms with van der Waals surface area (Å²) in [4.78, 5) is 15.5. The van der Waals surface area contributed by atoms with Crippen LogP contribution in [0.1, 0.15) is 32.6 Å². The number of sulfonamides is 1. The van der Waals surface area contributed by atoms with Gasteiger partial charge in [-0.25, -0.2) is 8.42 Å². The van der Waals surface area contributed by atoms with Gasteiger partial charge in [-0.2, -0.15) is 4.31 Å². The van der Waals surface area contributed by atoms with Crippen LogP contribution in [-0.2, 0) is 14.8 Å². The molecule has 1 aromatic rings. The number of carboxylic acids is 1. The van der Waals surface area contributed by atoms with Crippen molar-refractivity contribution in [3.63, 3.8) is 0 Å². The van der Waals surface area contributed by atoms with Crippen LogP contribution in [-0.4, -0.2) is 41.9 Å². The van der Waals surface area contributed by atoms with Crippen LogP contribution in [0, 0.1) is 5.41 Å². The molecule has 2 rings (SSSR count). The van der Waals surface area contributed by atoms with Crippen LogP contribution in [0.15, 0.2) is 29.4 Å². The molecule has 0 aliphatic carbocycles. The molecular formula is C14H20N2O4S. The van der Waals surface area contributed by atoms with Crippen molar-refractivity contribution >= 4 is 16.0 Å². The number of aliphatic carboxylic acids is 1. The summed E-state index contributed by atoms with van der Waals surface area (Å²) in [6.07, 6.45) is 4.92. The van der Waals surface area contributed by atoms with Gasteiger partial charge in [-0.1, -0.05) is 13.3 Å². The first-order valence-electron chi connectivity index (χ1n) is 7.06. The summed E-state index contributed by atoms with van der Waals surface area (Å²) in [5.74, 6) is -0.817. The summed E-state index contributed by atoms with van der Waals surface area (Å²) in [5.41, 5.74) is -0.782. The zero-order chi connectivity index (χ0) is 15.5. The third-order valence-electron chi connectivity index (χ3n) is 4.13. The molecule has 0 aromatic carbocycles. The highest BCUT2D eigenvalue weighted by Gasteiger charge is 2.43. The third-order valence-corrected chi connectivity index (χ3v) is 6.02. The Kier molecular flexibility index (Phi) is 4.63. The molecule has 21 heavy (non-hydrogen) atoms. The van der Waals surface area contributed by atoms with Gasteiger partial charge in [0, 0.05) is 25.5 Å². The molecule has 1 aliphatic heterocycles. The van der Waals surface area contributed by atoms with Gasteiger partial charge in [0.05, 0.1) is 5.41 Å². The van der Waals surface area contributed by atoms with Crippen molar-refractivity contribution in [1.82, 2.24) is 9.29 Å². The van der Waals surface area contributed by atoms with E-state index in [0.29, 0.717) is 19.3 Å². The Morgan fingerprint density at radius 3 is 2.57 bits per heavy atom. The van der Waals surface area contributed by atoms with Gasteiger partial charge in [-0.3, -0.25) is 9.78 Å². The van der Waals surface area contributed by atoms with Gasteiger partial charge in [-0.15, -0.1) is 0 Å². The van der Waals surface area contributed by atoms with Crippen molar-refractivity contribution in [2.24, 2.45) is 5.41 Å². The summed E-state index contributed by atoms with van der Waals surface area (Å²) in [6.45, 7) is 2.43. The minimum absolute atomic E-state index is 0.156. The number of carboxylic acid groups (broad SMARTS) is 1. The highest BCUT2D eigenvalue weighted by Crippen LogP contribution is 2.37. The number of aromatic nitrogens is 1. The van der Waals surface area contributed by atoms with Crippen LogP contribution in [0.2, 0.25) is 0 Å². The second-order valence-electron chi connectivity index (χ2n) is 5.43. The van der Waals surface area contributed by atoms with E-state index in [9.17, 15) is 18.3 Å². The monoisotopic (exact) mass is 312 g/mol. The van der Waals surface area contributed by atoms with Crippen LogP contribution in [0.25, 0.3) is 0 Å². The Hall–Kier alpha value is -1.47.